The normalized spacial score (nSPS) is 11.3. The summed E-state index contributed by atoms with van der Waals surface area (Å²) in [6.07, 6.45) is 0. The molecule has 0 amide bonds. The summed E-state index contributed by atoms with van der Waals surface area (Å²) in [7, 11) is 5.81. The number of thioether (sulfide) groups is 1. The van der Waals surface area contributed by atoms with Gasteiger partial charge in [-0.1, -0.05) is 0 Å². The average molecular weight is 521 g/mol. The van der Waals surface area contributed by atoms with Crippen LogP contribution in [0.2, 0.25) is 0 Å². The monoisotopic (exact) mass is 520 g/mol. The number of fused-ring (bicyclic) bond motifs is 1. The van der Waals surface area contributed by atoms with E-state index in [0.717, 1.165) is 27.2 Å². The van der Waals surface area contributed by atoms with Gasteiger partial charge in [-0.25, -0.2) is 4.79 Å². The minimum absolute atomic E-state index is 0.146. The highest BCUT2D eigenvalue weighted by Gasteiger charge is 2.27. The van der Waals surface area contributed by atoms with Crippen LogP contribution in [0.3, 0.4) is 0 Å². The first-order valence-electron chi connectivity index (χ1n) is 10.5. The van der Waals surface area contributed by atoms with Crippen molar-refractivity contribution in [2.45, 2.75) is 31.0 Å². The lowest BCUT2D eigenvalue weighted by atomic mass is 10.0. The van der Waals surface area contributed by atoms with E-state index in [-0.39, 0.29) is 18.3 Å². The lowest BCUT2D eigenvalue weighted by Crippen LogP contribution is -2.13. The molecule has 0 aliphatic rings. The molecule has 0 radical (unpaired) electrons. The van der Waals surface area contributed by atoms with E-state index in [9.17, 15) is 9.90 Å². The Morgan fingerprint density at radius 3 is 2.47 bits per heavy atom. The molecule has 6 nitrogen and oxygen atoms in total. The van der Waals surface area contributed by atoms with Crippen molar-refractivity contribution in [3.05, 3.63) is 51.6 Å². The second-order valence-corrected chi connectivity index (χ2v) is 9.51. The third-order valence-corrected chi connectivity index (χ3v) is 6.73. The maximum atomic E-state index is 13.1. The van der Waals surface area contributed by atoms with Crippen LogP contribution < -0.4 is 4.74 Å². The van der Waals surface area contributed by atoms with Crippen LogP contribution in [-0.4, -0.2) is 47.9 Å². The van der Waals surface area contributed by atoms with Gasteiger partial charge in [0, 0.05) is 40.9 Å². The predicted molar refractivity (Wildman–Crippen MR) is 133 cm³/mol. The van der Waals surface area contributed by atoms with Crippen molar-refractivity contribution in [1.82, 2.24) is 9.47 Å². The van der Waals surface area contributed by atoms with Gasteiger partial charge < -0.3 is 24.0 Å². The number of hydrogen-bond acceptors (Lipinski definition) is 6. The summed E-state index contributed by atoms with van der Waals surface area (Å²) < 4.78 is 13.6. The maximum absolute atomic E-state index is 13.1. The van der Waals surface area contributed by atoms with E-state index < -0.39 is 0 Å². The molecule has 0 fully saturated rings. The third kappa shape index (κ3) is 5.08. The summed E-state index contributed by atoms with van der Waals surface area (Å²) in [4.78, 5) is 16.1. The van der Waals surface area contributed by atoms with Crippen molar-refractivity contribution in [2.24, 2.45) is 7.05 Å². The van der Waals surface area contributed by atoms with Crippen molar-refractivity contribution in [3.63, 3.8) is 0 Å². The summed E-state index contributed by atoms with van der Waals surface area (Å²) in [5.74, 6) is 1.19. The van der Waals surface area contributed by atoms with Gasteiger partial charge in [-0.3, -0.25) is 0 Å². The molecule has 1 aromatic heterocycles. The molecule has 0 spiro atoms. The van der Waals surface area contributed by atoms with Crippen LogP contribution in [0.25, 0.3) is 10.9 Å². The number of hydrogen-bond donors (Lipinski definition) is 1. The molecule has 3 rings (SSSR count). The number of ether oxygens (including phenoxy) is 2. The number of aromatic hydroxyl groups is 1. The molecule has 8 heteroatoms. The molecule has 2 aromatic carbocycles. The van der Waals surface area contributed by atoms with E-state index in [4.69, 9.17) is 9.47 Å². The summed E-state index contributed by atoms with van der Waals surface area (Å²) in [5.41, 5.74) is 2.95. The molecule has 3 aromatic rings. The summed E-state index contributed by atoms with van der Waals surface area (Å²) in [5, 5.41) is 11.5. The first-order chi connectivity index (χ1) is 15.3. The minimum Gasteiger partial charge on any atom is -0.506 e. The predicted octanol–water partition coefficient (Wildman–Crippen LogP) is 5.58. The molecule has 0 aliphatic heterocycles. The van der Waals surface area contributed by atoms with Crippen LogP contribution in [0.1, 0.15) is 35.5 Å². The van der Waals surface area contributed by atoms with Gasteiger partial charge in [-0.2, -0.15) is 0 Å². The number of halogens is 1. The van der Waals surface area contributed by atoms with Crippen LogP contribution in [0.5, 0.6) is 11.5 Å². The van der Waals surface area contributed by atoms with Crippen LogP contribution >= 0.6 is 27.7 Å². The van der Waals surface area contributed by atoms with Crippen molar-refractivity contribution in [2.75, 3.05) is 27.3 Å². The van der Waals surface area contributed by atoms with Gasteiger partial charge in [0.15, 0.2) is 0 Å². The molecule has 0 saturated carbocycles. The van der Waals surface area contributed by atoms with E-state index in [1.807, 2.05) is 67.9 Å². The third-order valence-electron chi connectivity index (χ3n) is 5.10. The molecule has 0 atom stereocenters. The number of rotatable bonds is 9. The second-order valence-electron chi connectivity index (χ2n) is 7.61. The average Bonchev–Trinajstić information content (AvgIpc) is 3.02. The number of carbonyl (C=O) groups is 1. The second kappa shape index (κ2) is 10.6. The number of aromatic nitrogens is 1. The highest BCUT2D eigenvalue weighted by molar-refractivity contribution is 9.10. The zero-order valence-corrected chi connectivity index (χ0v) is 21.5. The first kappa shape index (κ1) is 24.5. The molecule has 0 aliphatic carbocycles. The lowest BCUT2D eigenvalue weighted by Gasteiger charge is -2.15. The minimum atomic E-state index is -0.373. The first-order valence-corrected chi connectivity index (χ1v) is 12.2. The Kier molecular flexibility index (Phi) is 8.14. The molecular weight excluding hydrogens is 492 g/mol. The zero-order valence-electron chi connectivity index (χ0n) is 19.1. The van der Waals surface area contributed by atoms with Crippen LogP contribution in [0, 0.1) is 0 Å². The topological polar surface area (TPSA) is 63.9 Å². The summed E-state index contributed by atoms with van der Waals surface area (Å²) in [6, 6.07) is 9.79. The Labute approximate surface area is 201 Å². The Balaban J connectivity index is 2.11. The highest BCUT2D eigenvalue weighted by Crippen LogP contribution is 2.41. The number of aryl methyl sites for hydroxylation is 1. The van der Waals surface area contributed by atoms with Crippen molar-refractivity contribution < 1.29 is 19.4 Å². The molecule has 32 heavy (non-hydrogen) atoms. The van der Waals surface area contributed by atoms with Crippen molar-refractivity contribution in [1.29, 1.82) is 0 Å². The smallest absolute Gasteiger partial charge is 0.340 e. The van der Waals surface area contributed by atoms with Crippen molar-refractivity contribution in [3.8, 4) is 11.5 Å². The largest absolute Gasteiger partial charge is 0.506 e. The molecule has 1 heterocycles. The standard InChI is InChI=1S/C24H29BrN2O4S/c1-6-30-15-8-10-16(11-9-15)32-14-20-22(24(29)31-7-2)21-17(13-26(3)4)23(28)18(25)12-19(21)27(20)5/h8-12,28H,6-7,13-14H2,1-5H3. The highest BCUT2D eigenvalue weighted by atomic mass is 79.9. The van der Waals surface area contributed by atoms with Gasteiger partial charge >= 0.3 is 5.97 Å². The zero-order chi connectivity index (χ0) is 23.4. The lowest BCUT2D eigenvalue weighted by molar-refractivity contribution is 0.0527. The Hall–Kier alpha value is -2.16. The quantitative estimate of drug-likeness (QED) is 0.293. The van der Waals surface area contributed by atoms with Gasteiger partial charge in [0.25, 0.3) is 0 Å². The Bertz CT molecular complexity index is 1110. The van der Waals surface area contributed by atoms with Gasteiger partial charge in [0.1, 0.15) is 11.5 Å². The Morgan fingerprint density at radius 2 is 1.88 bits per heavy atom. The van der Waals surface area contributed by atoms with E-state index >= 15 is 0 Å². The number of phenols is 1. The van der Waals surface area contributed by atoms with Gasteiger partial charge in [0.2, 0.25) is 0 Å². The fourth-order valence-electron chi connectivity index (χ4n) is 3.69. The van der Waals surface area contributed by atoms with E-state index in [0.29, 0.717) is 34.5 Å². The van der Waals surface area contributed by atoms with E-state index in [1.54, 1.807) is 18.7 Å². The molecule has 0 unspecified atom stereocenters. The van der Waals surface area contributed by atoms with Crippen molar-refractivity contribution >= 4 is 44.6 Å². The number of esters is 1. The number of benzene rings is 2. The number of nitrogens with zero attached hydrogens (tertiary/aromatic N) is 2. The molecule has 1 N–H and O–H groups in total. The SMILES string of the molecule is CCOC(=O)c1c(CSc2ccc(OCC)cc2)n(C)c2cc(Br)c(O)c(CN(C)C)c12. The fourth-order valence-corrected chi connectivity index (χ4v) is 5.12. The van der Waals surface area contributed by atoms with Crippen LogP contribution in [0.4, 0.5) is 0 Å². The van der Waals surface area contributed by atoms with Crippen LogP contribution in [-0.2, 0) is 24.1 Å². The number of phenolic OH excluding ortho intramolecular Hbond substituents is 1. The summed E-state index contributed by atoms with van der Waals surface area (Å²) >= 11 is 5.11. The Morgan fingerprint density at radius 1 is 1.19 bits per heavy atom. The fraction of sp³-hybridized carbons (Fsp3) is 0.375. The van der Waals surface area contributed by atoms with E-state index in [2.05, 4.69) is 15.9 Å². The molecule has 0 bridgehead atoms. The number of carbonyl (C=O) groups excluding carboxylic acids is 1. The molecular formula is C24H29BrN2O4S. The van der Waals surface area contributed by atoms with E-state index in [1.165, 1.54) is 0 Å². The summed E-state index contributed by atoms with van der Waals surface area (Å²) in [6.45, 7) is 5.16. The molecule has 0 saturated heterocycles. The van der Waals surface area contributed by atoms with Gasteiger partial charge in [-0.15, -0.1) is 11.8 Å². The maximum Gasteiger partial charge on any atom is 0.340 e. The van der Waals surface area contributed by atoms with Gasteiger partial charge in [-0.05, 0) is 74.2 Å². The molecule has 172 valence electrons. The van der Waals surface area contributed by atoms with Gasteiger partial charge in [0.05, 0.1) is 28.8 Å². The van der Waals surface area contributed by atoms with Crippen LogP contribution in [0.15, 0.2) is 39.7 Å².